The number of anilines is 2. The molecule has 0 aliphatic heterocycles. The van der Waals surface area contributed by atoms with Gasteiger partial charge in [-0.2, -0.15) is 5.10 Å². The van der Waals surface area contributed by atoms with E-state index in [1.165, 1.54) is 12.4 Å². The molecule has 1 aromatic heterocycles. The van der Waals surface area contributed by atoms with Gasteiger partial charge in [0.2, 0.25) is 0 Å². The molecule has 0 aliphatic rings. The fourth-order valence-electron chi connectivity index (χ4n) is 1.09. The van der Waals surface area contributed by atoms with E-state index in [1.54, 1.807) is 12.1 Å². The number of benzene rings is 1. The predicted octanol–water partition coefficient (Wildman–Crippen LogP) is 1.52. The van der Waals surface area contributed by atoms with Crippen molar-refractivity contribution in [2.45, 2.75) is 0 Å². The van der Waals surface area contributed by atoms with E-state index < -0.39 is 6.03 Å². The van der Waals surface area contributed by atoms with Crippen LogP contribution in [0, 0.1) is 0 Å². The van der Waals surface area contributed by atoms with Gasteiger partial charge in [0.15, 0.2) is 0 Å². The van der Waals surface area contributed by atoms with E-state index in [1.807, 2.05) is 18.2 Å². The van der Waals surface area contributed by atoms with Crippen molar-refractivity contribution in [1.82, 2.24) is 15.2 Å². The van der Waals surface area contributed by atoms with Gasteiger partial charge in [0.05, 0.1) is 12.4 Å². The molecule has 1 aromatic carbocycles. The lowest BCUT2D eigenvalue weighted by atomic mass is 10.3. The number of carbonyl (C=O) groups is 1. The van der Waals surface area contributed by atoms with Crippen LogP contribution in [-0.4, -0.2) is 21.2 Å². The van der Waals surface area contributed by atoms with Crippen molar-refractivity contribution in [2.75, 3.05) is 10.6 Å². The lowest BCUT2D eigenvalue weighted by molar-refractivity contribution is 0.262. The van der Waals surface area contributed by atoms with Gasteiger partial charge in [0.25, 0.3) is 5.95 Å². The average molecular weight is 215 g/mol. The van der Waals surface area contributed by atoms with E-state index in [-0.39, 0.29) is 5.95 Å². The first-order chi connectivity index (χ1) is 7.84. The number of hydrogen-bond acceptors (Lipinski definition) is 4. The largest absolute Gasteiger partial charge is 0.326 e. The van der Waals surface area contributed by atoms with Crippen molar-refractivity contribution in [3.8, 4) is 0 Å². The number of urea groups is 1. The average Bonchev–Trinajstić information content (AvgIpc) is 2.31. The third kappa shape index (κ3) is 2.74. The van der Waals surface area contributed by atoms with Crippen LogP contribution in [0.3, 0.4) is 0 Å². The second-order valence-corrected chi connectivity index (χ2v) is 2.91. The quantitative estimate of drug-likeness (QED) is 0.795. The Morgan fingerprint density at radius 2 is 1.88 bits per heavy atom. The summed E-state index contributed by atoms with van der Waals surface area (Å²) in [7, 11) is 0. The zero-order valence-electron chi connectivity index (χ0n) is 8.29. The summed E-state index contributed by atoms with van der Waals surface area (Å²) in [6.45, 7) is 0. The molecule has 2 rings (SSSR count). The van der Waals surface area contributed by atoms with Gasteiger partial charge in [-0.15, -0.1) is 5.10 Å². The summed E-state index contributed by atoms with van der Waals surface area (Å²) in [5, 5.41) is 12.3. The number of nitrogens with zero attached hydrogens (tertiary/aromatic N) is 3. The summed E-state index contributed by atoms with van der Waals surface area (Å²) in [6, 6.07) is 8.69. The number of amides is 2. The Morgan fingerprint density at radius 1 is 1.06 bits per heavy atom. The predicted molar refractivity (Wildman–Crippen MR) is 58.9 cm³/mol. The van der Waals surface area contributed by atoms with Crippen LogP contribution >= 0.6 is 0 Å². The molecule has 2 aromatic rings. The molecule has 0 radical (unpaired) electrons. The lowest BCUT2D eigenvalue weighted by Crippen LogP contribution is -2.20. The first-order valence-corrected chi connectivity index (χ1v) is 4.61. The molecular formula is C10H9N5O. The molecule has 1 heterocycles. The summed E-state index contributed by atoms with van der Waals surface area (Å²) >= 11 is 0. The number of para-hydroxylation sites is 1. The number of carbonyl (C=O) groups excluding carboxylic acids is 1. The number of hydrogen-bond donors (Lipinski definition) is 2. The van der Waals surface area contributed by atoms with Crippen molar-refractivity contribution in [2.24, 2.45) is 0 Å². The first-order valence-electron chi connectivity index (χ1n) is 4.61. The Kier molecular flexibility index (Phi) is 3.03. The number of rotatable bonds is 2. The topological polar surface area (TPSA) is 79.8 Å². The highest BCUT2D eigenvalue weighted by Crippen LogP contribution is 2.05. The Hall–Kier alpha value is -2.50. The summed E-state index contributed by atoms with van der Waals surface area (Å²) in [5.41, 5.74) is 0.698. The lowest BCUT2D eigenvalue weighted by Gasteiger charge is -2.04. The van der Waals surface area contributed by atoms with Crippen LogP contribution in [0.1, 0.15) is 0 Å². The van der Waals surface area contributed by atoms with Gasteiger partial charge in [-0.3, -0.25) is 5.32 Å². The molecule has 0 atom stereocenters. The van der Waals surface area contributed by atoms with E-state index in [9.17, 15) is 4.79 Å². The van der Waals surface area contributed by atoms with Gasteiger partial charge in [0, 0.05) is 5.69 Å². The summed E-state index contributed by atoms with van der Waals surface area (Å²) in [6.07, 6.45) is 2.88. The maximum Gasteiger partial charge on any atom is 0.326 e. The van der Waals surface area contributed by atoms with Crippen molar-refractivity contribution in [3.63, 3.8) is 0 Å². The second-order valence-electron chi connectivity index (χ2n) is 2.91. The Morgan fingerprint density at radius 3 is 2.56 bits per heavy atom. The van der Waals surface area contributed by atoms with Crippen LogP contribution in [-0.2, 0) is 0 Å². The summed E-state index contributed by atoms with van der Waals surface area (Å²) in [4.78, 5) is 15.3. The van der Waals surface area contributed by atoms with Gasteiger partial charge in [-0.1, -0.05) is 18.2 Å². The number of nitrogens with one attached hydrogen (secondary N) is 2. The van der Waals surface area contributed by atoms with Crippen LogP contribution in [0.2, 0.25) is 0 Å². The van der Waals surface area contributed by atoms with Crippen molar-refractivity contribution >= 4 is 17.7 Å². The van der Waals surface area contributed by atoms with Gasteiger partial charge in [-0.25, -0.2) is 9.78 Å². The zero-order chi connectivity index (χ0) is 11.2. The maximum absolute atomic E-state index is 11.5. The monoisotopic (exact) mass is 215 g/mol. The fourth-order valence-corrected chi connectivity index (χ4v) is 1.09. The van der Waals surface area contributed by atoms with Crippen molar-refractivity contribution in [1.29, 1.82) is 0 Å². The fraction of sp³-hybridized carbons (Fsp3) is 0. The molecule has 6 nitrogen and oxygen atoms in total. The second kappa shape index (κ2) is 4.83. The zero-order valence-corrected chi connectivity index (χ0v) is 8.29. The molecular weight excluding hydrogens is 206 g/mol. The minimum atomic E-state index is -0.404. The summed E-state index contributed by atoms with van der Waals surface area (Å²) < 4.78 is 0. The molecule has 16 heavy (non-hydrogen) atoms. The molecule has 0 saturated heterocycles. The summed E-state index contributed by atoms with van der Waals surface area (Å²) in [5.74, 6) is 0.163. The van der Waals surface area contributed by atoms with E-state index in [0.29, 0.717) is 5.69 Å². The first kappa shape index (κ1) is 10.0. The molecule has 0 saturated carbocycles. The minimum absolute atomic E-state index is 0.163. The highest BCUT2D eigenvalue weighted by molar-refractivity contribution is 5.98. The van der Waals surface area contributed by atoms with Gasteiger partial charge in [-0.05, 0) is 12.1 Å². The van der Waals surface area contributed by atoms with Crippen LogP contribution in [0.15, 0.2) is 42.7 Å². The van der Waals surface area contributed by atoms with E-state index >= 15 is 0 Å². The van der Waals surface area contributed by atoms with Gasteiger partial charge >= 0.3 is 6.03 Å². The third-order valence-electron chi connectivity index (χ3n) is 1.74. The highest BCUT2D eigenvalue weighted by atomic mass is 16.2. The van der Waals surface area contributed by atoms with Crippen molar-refractivity contribution < 1.29 is 4.79 Å². The van der Waals surface area contributed by atoms with E-state index in [0.717, 1.165) is 0 Å². The van der Waals surface area contributed by atoms with Crippen LogP contribution < -0.4 is 10.6 Å². The van der Waals surface area contributed by atoms with Gasteiger partial charge < -0.3 is 5.32 Å². The molecule has 2 amide bonds. The van der Waals surface area contributed by atoms with Crippen LogP contribution in [0.5, 0.6) is 0 Å². The Balaban J connectivity index is 1.95. The van der Waals surface area contributed by atoms with Crippen molar-refractivity contribution in [3.05, 3.63) is 42.7 Å². The molecule has 0 fully saturated rings. The normalized spacial score (nSPS) is 9.50. The highest BCUT2D eigenvalue weighted by Gasteiger charge is 2.03. The standard InChI is InChI=1S/C10H9N5O/c16-10(13-8-4-2-1-3-5-8)14-9-11-6-7-12-15-9/h1-7H,(H2,11,13,14,15,16). The maximum atomic E-state index is 11.5. The minimum Gasteiger partial charge on any atom is -0.308 e. The van der Waals surface area contributed by atoms with E-state index in [2.05, 4.69) is 25.8 Å². The molecule has 0 spiro atoms. The molecule has 0 bridgehead atoms. The smallest absolute Gasteiger partial charge is 0.308 e. The Labute approximate surface area is 91.7 Å². The molecule has 80 valence electrons. The third-order valence-corrected chi connectivity index (χ3v) is 1.74. The molecule has 2 N–H and O–H groups in total. The van der Waals surface area contributed by atoms with E-state index in [4.69, 9.17) is 0 Å². The molecule has 6 heteroatoms. The molecule has 0 aliphatic carbocycles. The molecule has 0 unspecified atom stereocenters. The Bertz CT molecular complexity index is 416. The SMILES string of the molecule is O=C(Nc1ccccc1)Nc1nccnn1. The van der Waals surface area contributed by atoms with Crippen LogP contribution in [0.25, 0.3) is 0 Å². The van der Waals surface area contributed by atoms with Gasteiger partial charge in [0.1, 0.15) is 0 Å². The van der Waals surface area contributed by atoms with Crippen LogP contribution in [0.4, 0.5) is 16.4 Å². The number of aromatic nitrogens is 3.